The number of allylic oxidation sites excluding steroid dienone is 8. The van der Waals surface area contributed by atoms with Gasteiger partial charge in [0.05, 0.1) is 100 Å². The minimum atomic E-state index is -5.19. The Morgan fingerprint density at radius 1 is 0.564 bits per heavy atom. The summed E-state index contributed by atoms with van der Waals surface area (Å²) in [4.78, 5) is 41.8. The van der Waals surface area contributed by atoms with Crippen molar-refractivity contribution in [1.29, 1.82) is 0 Å². The summed E-state index contributed by atoms with van der Waals surface area (Å²) in [6, 6.07) is 9.21. The van der Waals surface area contributed by atoms with Gasteiger partial charge in [-0.15, -0.1) is 5.06 Å². The summed E-state index contributed by atoms with van der Waals surface area (Å²) in [5.74, 6) is -3.03. The summed E-state index contributed by atoms with van der Waals surface area (Å²) >= 11 is 7.51. The number of hydroxylamine groups is 2. The molecule has 1 saturated heterocycles. The molecule has 0 bridgehead atoms. The second-order valence-electron chi connectivity index (χ2n) is 24.4. The maximum Gasteiger partial charge on any atom is 0.333 e. The van der Waals surface area contributed by atoms with Gasteiger partial charge in [-0.1, -0.05) is 29.8 Å². The summed E-state index contributed by atoms with van der Waals surface area (Å²) in [5.41, 5.74) is 0.648. The Hall–Kier alpha value is -6.04. The lowest BCUT2D eigenvalue weighted by Gasteiger charge is -2.31. The number of carbonyl (C=O) groups is 3. The van der Waals surface area contributed by atoms with E-state index in [1.165, 1.54) is 12.1 Å². The molecule has 2 amide bonds. The second kappa shape index (κ2) is 34.7. The number of anilines is 1. The van der Waals surface area contributed by atoms with Crippen molar-refractivity contribution in [2.75, 3.05) is 130 Å². The van der Waals surface area contributed by atoms with Crippen molar-refractivity contribution in [2.45, 2.75) is 108 Å². The van der Waals surface area contributed by atoms with Crippen LogP contribution in [0.1, 0.15) is 89.2 Å². The first-order chi connectivity index (χ1) is 47.6. The predicted molar refractivity (Wildman–Crippen MR) is 366 cm³/mol. The van der Waals surface area contributed by atoms with E-state index >= 15 is 0 Å². The van der Waals surface area contributed by atoms with E-state index in [-0.39, 0.29) is 150 Å². The summed E-state index contributed by atoms with van der Waals surface area (Å²) in [5, 5.41) is 0.370. The predicted octanol–water partition coefficient (Wildman–Crippen LogP) is 7.00. The van der Waals surface area contributed by atoms with Crippen LogP contribution in [0.4, 0.5) is 11.4 Å². The van der Waals surface area contributed by atoms with Crippen LogP contribution < -0.4 is 4.90 Å². The molecule has 556 valence electrons. The fourth-order valence-corrected chi connectivity index (χ4v) is 16.4. The van der Waals surface area contributed by atoms with Gasteiger partial charge in [-0.3, -0.25) is 32.4 Å². The number of methoxy groups -OCH3 is 2. The lowest BCUT2D eigenvalue weighted by Crippen LogP contribution is -2.33. The van der Waals surface area contributed by atoms with Crippen LogP contribution in [0.2, 0.25) is 0 Å². The van der Waals surface area contributed by atoms with E-state index in [4.69, 9.17) is 54.3 Å². The van der Waals surface area contributed by atoms with Crippen molar-refractivity contribution < 1.29 is 127 Å². The molecule has 5 N–H and O–H groups in total. The summed E-state index contributed by atoms with van der Waals surface area (Å²) in [7, 11) is -22.2. The number of halogens is 1. The zero-order valence-electron chi connectivity index (χ0n) is 56.0. The van der Waals surface area contributed by atoms with E-state index in [2.05, 4.69) is 0 Å². The van der Waals surface area contributed by atoms with Gasteiger partial charge >= 0.3 is 5.97 Å². The van der Waals surface area contributed by atoms with Crippen molar-refractivity contribution in [1.82, 2.24) is 5.06 Å². The Morgan fingerprint density at radius 3 is 1.58 bits per heavy atom. The van der Waals surface area contributed by atoms with Crippen LogP contribution in [-0.2, 0) is 119 Å². The molecule has 8 rings (SSSR count). The van der Waals surface area contributed by atoms with Gasteiger partial charge in [0, 0.05) is 96.9 Å². The molecule has 101 heavy (non-hydrogen) atoms. The van der Waals surface area contributed by atoms with Crippen LogP contribution in [0, 0.1) is 0 Å². The zero-order chi connectivity index (χ0) is 73.7. The highest BCUT2D eigenvalue weighted by Crippen LogP contribution is 2.55. The average Bonchev–Trinajstić information content (AvgIpc) is 1.60. The highest BCUT2D eigenvalue weighted by molar-refractivity contribution is 7.87. The molecule has 0 spiro atoms. The van der Waals surface area contributed by atoms with E-state index < -0.39 is 105 Å². The third kappa shape index (κ3) is 20.3. The smallest absolute Gasteiger partial charge is 0.333 e. The molecule has 2 atom stereocenters. The fraction of sp³-hybridized carbons (Fsp3) is 0.508. The Balaban J connectivity index is 1.25. The van der Waals surface area contributed by atoms with Crippen molar-refractivity contribution >= 4 is 119 Å². The number of benzene rings is 4. The molecular formula is C65H83ClN3O27S5+. The molecule has 0 saturated carbocycles. The normalized spacial score (nSPS) is 19.4. The molecule has 0 radical (unpaired) electrons. The van der Waals surface area contributed by atoms with Crippen LogP contribution in [-0.4, -0.2) is 224 Å². The largest absolute Gasteiger partial charge is 0.382 e. The first-order valence-electron chi connectivity index (χ1n) is 32.1. The molecule has 2 unspecified atom stereocenters. The number of hydrogen-bond donors (Lipinski definition) is 5. The molecule has 3 heterocycles. The van der Waals surface area contributed by atoms with Crippen molar-refractivity contribution in [2.24, 2.45) is 0 Å². The van der Waals surface area contributed by atoms with Crippen LogP contribution >= 0.6 is 11.6 Å². The molecule has 4 aromatic rings. The van der Waals surface area contributed by atoms with Gasteiger partial charge in [0.2, 0.25) is 5.69 Å². The second-order valence-corrected chi connectivity index (χ2v) is 32.0. The molecule has 4 aliphatic rings. The van der Waals surface area contributed by atoms with E-state index in [0.29, 0.717) is 109 Å². The first-order valence-corrected chi connectivity index (χ1v) is 39.9. The maximum atomic E-state index is 13.3. The Kier molecular flexibility index (Phi) is 27.7. The van der Waals surface area contributed by atoms with Gasteiger partial charge < -0.3 is 47.6 Å². The standard InChI is InChI=1S/C65H82ClN3O27S5/c1-64(21-7-39-97(73,74)75)56(68(24-26-91-32-34-95-38-36-93-30-28-89-4)53-16-14-48-50(61(53)64)40-46(98(76,77)78)42-54(48)100(82,83)84)17-11-44-8-5-9-45(63(44)66)12-18-57-65(2,22-25-90-31-33-94-37-35-92-29-27-88-3)62-51-41-47(99(79,80)81)43-55(101(85,86)87)49(51)13-15-52(62)67(57)23-6-10-60(72)96-69-58(70)19-20-59(69)71/h11-18,40-43H,5-10,19-39H2,1-4H3,(H4-,73,74,75,76,77,78,79,80,81,82,83,84,85,86,87)/p+1. The Labute approximate surface area is 591 Å². The van der Waals surface area contributed by atoms with Gasteiger partial charge in [0.1, 0.15) is 16.4 Å². The van der Waals surface area contributed by atoms with Crippen molar-refractivity contribution in [3.05, 3.63) is 106 Å². The zero-order valence-corrected chi connectivity index (χ0v) is 60.8. The fourth-order valence-electron chi connectivity index (χ4n) is 12.9. The number of imide groups is 1. The number of fused-ring (bicyclic) bond motifs is 6. The van der Waals surface area contributed by atoms with Crippen LogP contribution in [0.25, 0.3) is 21.5 Å². The number of amides is 2. The van der Waals surface area contributed by atoms with Gasteiger partial charge in [-0.05, 0) is 129 Å². The van der Waals surface area contributed by atoms with Crippen LogP contribution in [0.5, 0.6) is 0 Å². The highest BCUT2D eigenvalue weighted by Gasteiger charge is 2.50. The Morgan fingerprint density at radius 2 is 1.07 bits per heavy atom. The summed E-state index contributed by atoms with van der Waals surface area (Å²) in [6.07, 6.45) is 7.37. The minimum Gasteiger partial charge on any atom is -0.382 e. The lowest BCUT2D eigenvalue weighted by molar-refractivity contribution is -0.442. The summed E-state index contributed by atoms with van der Waals surface area (Å²) in [6.45, 7) is 6.71. The van der Waals surface area contributed by atoms with Crippen molar-refractivity contribution in [3.8, 4) is 0 Å². The van der Waals surface area contributed by atoms with Gasteiger partial charge in [0.15, 0.2) is 12.3 Å². The molecular weight excluding hydrogens is 1450 g/mol. The average molecular weight is 1530 g/mol. The molecule has 4 aromatic carbocycles. The topological polar surface area (TPSA) is 416 Å². The molecule has 1 fully saturated rings. The molecule has 30 nitrogen and oxygen atoms in total. The highest BCUT2D eigenvalue weighted by atomic mass is 35.5. The van der Waals surface area contributed by atoms with E-state index in [0.717, 1.165) is 12.1 Å². The molecule has 0 aromatic heterocycles. The molecule has 1 aliphatic carbocycles. The Bertz CT molecular complexity index is 4520. The number of carbonyl (C=O) groups excluding carboxylic acids is 3. The minimum absolute atomic E-state index is 0.00345. The quantitative estimate of drug-likeness (QED) is 0.0129. The molecule has 3 aliphatic heterocycles. The van der Waals surface area contributed by atoms with Crippen LogP contribution in [0.15, 0.2) is 114 Å². The third-order valence-electron chi connectivity index (χ3n) is 17.6. The number of nitrogens with zero attached hydrogens (tertiary/aromatic N) is 3. The molecule has 36 heteroatoms. The van der Waals surface area contributed by atoms with Crippen LogP contribution in [0.3, 0.4) is 0 Å². The van der Waals surface area contributed by atoms with Crippen molar-refractivity contribution in [3.63, 3.8) is 0 Å². The third-order valence-corrected chi connectivity index (χ3v) is 22.3. The first kappa shape index (κ1) is 80.6. The summed E-state index contributed by atoms with van der Waals surface area (Å²) < 4.78 is 227. The lowest BCUT2D eigenvalue weighted by atomic mass is 9.74. The SMILES string of the molecule is COCCOCCOCCOCC[N+]1=C(/C=C/C2=C(Cl)C(=C/C=C3/N(CCCC(=O)ON4C(=O)CCC4=O)c4ccc5c(S(=O)(=O)O)cc(S(=O)(=O)O)cc5c4C3(C)CCOCCOCCOCCOC)/CCC2)C(C)(CCCS(=O)(=O)O)c2c1ccc1c(S(=O)(=O)O)cc(S(=O)(=O)O)cc21. The van der Waals surface area contributed by atoms with Gasteiger partial charge in [-0.25, -0.2) is 4.79 Å². The monoisotopic (exact) mass is 1530 g/mol. The van der Waals surface area contributed by atoms with E-state index in [1.807, 2.05) is 4.58 Å². The van der Waals surface area contributed by atoms with E-state index in [9.17, 15) is 79.2 Å². The van der Waals surface area contributed by atoms with Gasteiger partial charge in [0.25, 0.3) is 62.4 Å². The number of ether oxygens (including phenoxy) is 8. The maximum absolute atomic E-state index is 13.3. The number of rotatable bonds is 40. The van der Waals surface area contributed by atoms with E-state index in [1.54, 1.807) is 69.4 Å². The van der Waals surface area contributed by atoms with Gasteiger partial charge in [-0.2, -0.15) is 46.7 Å². The number of hydrogen-bond acceptors (Lipinski definition) is 23.